The molecule has 1 aliphatic rings. The van der Waals surface area contributed by atoms with Crippen molar-refractivity contribution in [2.45, 2.75) is 13.5 Å². The molecule has 2 aromatic heterocycles. The number of benzene rings is 1. The summed E-state index contributed by atoms with van der Waals surface area (Å²) >= 11 is 0. The van der Waals surface area contributed by atoms with Crippen LogP contribution in [0.3, 0.4) is 0 Å². The van der Waals surface area contributed by atoms with Crippen molar-refractivity contribution in [1.29, 1.82) is 0 Å². The fraction of sp³-hybridized carbons (Fsp3) is 0.389. The lowest BCUT2D eigenvalue weighted by molar-refractivity contribution is 0.0342. The van der Waals surface area contributed by atoms with Gasteiger partial charge < -0.3 is 10.1 Å². The van der Waals surface area contributed by atoms with E-state index >= 15 is 0 Å². The molecule has 7 nitrogen and oxygen atoms in total. The maximum atomic E-state index is 5.42. The van der Waals surface area contributed by atoms with Gasteiger partial charge in [0, 0.05) is 32.4 Å². The van der Waals surface area contributed by atoms with Crippen molar-refractivity contribution < 1.29 is 4.74 Å². The van der Waals surface area contributed by atoms with Crippen LogP contribution in [0.25, 0.3) is 11.0 Å². The fourth-order valence-corrected chi connectivity index (χ4v) is 3.13. The van der Waals surface area contributed by atoms with Crippen LogP contribution in [0.1, 0.15) is 11.4 Å². The van der Waals surface area contributed by atoms with E-state index in [2.05, 4.69) is 49.5 Å². The number of aromatic nitrogens is 4. The smallest absolute Gasteiger partial charge is 0.163 e. The molecule has 0 atom stereocenters. The molecule has 0 saturated carbocycles. The monoisotopic (exact) mass is 338 g/mol. The average Bonchev–Trinajstić information content (AvgIpc) is 2.97. The van der Waals surface area contributed by atoms with Crippen molar-refractivity contribution in [3.8, 4) is 0 Å². The molecule has 0 unspecified atom stereocenters. The molecule has 7 heteroatoms. The van der Waals surface area contributed by atoms with Crippen molar-refractivity contribution in [2.75, 3.05) is 31.6 Å². The Kier molecular flexibility index (Phi) is 4.33. The SMILES string of the molecule is Cc1nc(Nc2cccc(CN3CCOCC3)c2)c2cnn(C)c2n1. The molecule has 1 aliphatic heterocycles. The molecule has 0 amide bonds. The quantitative estimate of drug-likeness (QED) is 0.787. The van der Waals surface area contributed by atoms with Crippen LogP contribution in [0.4, 0.5) is 11.5 Å². The van der Waals surface area contributed by atoms with E-state index in [1.165, 1.54) is 5.56 Å². The van der Waals surface area contributed by atoms with Crippen molar-refractivity contribution >= 4 is 22.5 Å². The van der Waals surface area contributed by atoms with Crippen molar-refractivity contribution in [1.82, 2.24) is 24.6 Å². The summed E-state index contributed by atoms with van der Waals surface area (Å²) in [4.78, 5) is 11.4. The Balaban J connectivity index is 1.58. The standard InChI is InChI=1S/C18H22N6O/c1-13-20-17(16-11-19-23(2)18(16)21-13)22-15-5-3-4-14(10-15)12-24-6-8-25-9-7-24/h3-5,10-11H,6-9,12H2,1-2H3,(H,20,21,22). The van der Waals surface area contributed by atoms with E-state index < -0.39 is 0 Å². The normalized spacial score (nSPS) is 15.6. The molecule has 0 aliphatic carbocycles. The van der Waals surface area contributed by atoms with Gasteiger partial charge in [0.25, 0.3) is 0 Å². The summed E-state index contributed by atoms with van der Waals surface area (Å²) in [5, 5.41) is 8.64. The van der Waals surface area contributed by atoms with Crippen LogP contribution in [0, 0.1) is 6.92 Å². The van der Waals surface area contributed by atoms with Gasteiger partial charge in [-0.05, 0) is 24.6 Å². The van der Waals surface area contributed by atoms with Crippen LogP contribution in [-0.4, -0.2) is 51.0 Å². The number of ether oxygens (including phenoxy) is 1. The minimum atomic E-state index is 0.725. The Labute approximate surface area is 146 Å². The first kappa shape index (κ1) is 16.0. The third-order valence-electron chi connectivity index (χ3n) is 4.40. The molecule has 0 radical (unpaired) electrons. The molecular formula is C18H22N6O. The van der Waals surface area contributed by atoms with Crippen molar-refractivity contribution in [3.63, 3.8) is 0 Å². The summed E-state index contributed by atoms with van der Waals surface area (Å²) < 4.78 is 7.19. The van der Waals surface area contributed by atoms with Crippen LogP contribution < -0.4 is 5.32 Å². The first-order valence-electron chi connectivity index (χ1n) is 8.51. The molecule has 1 N–H and O–H groups in total. The Morgan fingerprint density at radius 3 is 2.88 bits per heavy atom. The number of anilines is 2. The zero-order valence-corrected chi connectivity index (χ0v) is 14.6. The zero-order chi connectivity index (χ0) is 17.2. The van der Waals surface area contributed by atoms with Crippen LogP contribution >= 0.6 is 0 Å². The van der Waals surface area contributed by atoms with Gasteiger partial charge in [-0.25, -0.2) is 9.97 Å². The minimum Gasteiger partial charge on any atom is -0.379 e. The molecule has 1 aromatic carbocycles. The average molecular weight is 338 g/mol. The molecule has 4 rings (SSSR count). The molecule has 0 bridgehead atoms. The third-order valence-corrected chi connectivity index (χ3v) is 4.40. The number of aryl methyl sites for hydroxylation is 2. The van der Waals surface area contributed by atoms with E-state index in [9.17, 15) is 0 Å². The molecule has 1 fully saturated rings. The highest BCUT2D eigenvalue weighted by atomic mass is 16.5. The molecule has 3 heterocycles. The minimum absolute atomic E-state index is 0.725. The number of fused-ring (bicyclic) bond motifs is 1. The zero-order valence-electron chi connectivity index (χ0n) is 14.6. The van der Waals surface area contributed by atoms with Crippen LogP contribution in [0.5, 0.6) is 0 Å². The van der Waals surface area contributed by atoms with Gasteiger partial charge in [-0.2, -0.15) is 5.10 Å². The number of nitrogens with one attached hydrogen (secondary N) is 1. The van der Waals surface area contributed by atoms with Gasteiger partial charge in [0.2, 0.25) is 0 Å². The van der Waals surface area contributed by atoms with Gasteiger partial charge in [0.1, 0.15) is 11.6 Å². The van der Waals surface area contributed by atoms with E-state index in [1.54, 1.807) is 10.9 Å². The second kappa shape index (κ2) is 6.78. The third kappa shape index (κ3) is 3.47. The Hall–Kier alpha value is -2.51. The van der Waals surface area contributed by atoms with Gasteiger partial charge in [0.05, 0.1) is 24.8 Å². The molecule has 0 spiro atoms. The first-order chi connectivity index (χ1) is 12.2. The van der Waals surface area contributed by atoms with Gasteiger partial charge in [-0.1, -0.05) is 12.1 Å². The second-order valence-electron chi connectivity index (χ2n) is 6.34. The number of hydrogen-bond acceptors (Lipinski definition) is 6. The lowest BCUT2D eigenvalue weighted by Gasteiger charge is -2.26. The van der Waals surface area contributed by atoms with E-state index in [1.807, 2.05) is 14.0 Å². The molecule has 3 aromatic rings. The van der Waals surface area contributed by atoms with E-state index in [4.69, 9.17) is 4.74 Å². The predicted octanol–water partition coefficient (Wildman–Crippen LogP) is 2.25. The number of rotatable bonds is 4. The second-order valence-corrected chi connectivity index (χ2v) is 6.34. The summed E-state index contributed by atoms with van der Waals surface area (Å²) in [7, 11) is 1.89. The van der Waals surface area contributed by atoms with Gasteiger partial charge in [0.15, 0.2) is 5.65 Å². The maximum Gasteiger partial charge on any atom is 0.163 e. The number of nitrogens with zero attached hydrogens (tertiary/aromatic N) is 5. The highest BCUT2D eigenvalue weighted by Gasteiger charge is 2.12. The summed E-state index contributed by atoms with van der Waals surface area (Å²) in [5.41, 5.74) is 3.13. The first-order valence-corrected chi connectivity index (χ1v) is 8.51. The number of hydrogen-bond donors (Lipinski definition) is 1. The lowest BCUT2D eigenvalue weighted by atomic mass is 10.2. The van der Waals surface area contributed by atoms with Crippen molar-refractivity contribution in [3.05, 3.63) is 41.9 Å². The van der Waals surface area contributed by atoms with Gasteiger partial charge in [-0.3, -0.25) is 9.58 Å². The largest absolute Gasteiger partial charge is 0.379 e. The summed E-state index contributed by atoms with van der Waals surface area (Å²) in [6.45, 7) is 6.43. The lowest BCUT2D eigenvalue weighted by Crippen LogP contribution is -2.35. The molecule has 130 valence electrons. The molecule has 25 heavy (non-hydrogen) atoms. The highest BCUT2D eigenvalue weighted by Crippen LogP contribution is 2.24. The maximum absolute atomic E-state index is 5.42. The highest BCUT2D eigenvalue weighted by molar-refractivity contribution is 5.88. The van der Waals surface area contributed by atoms with E-state index in [-0.39, 0.29) is 0 Å². The van der Waals surface area contributed by atoms with Crippen LogP contribution in [0.15, 0.2) is 30.5 Å². The summed E-state index contributed by atoms with van der Waals surface area (Å²) in [5.74, 6) is 1.52. The summed E-state index contributed by atoms with van der Waals surface area (Å²) in [6.07, 6.45) is 1.80. The molecule has 1 saturated heterocycles. The van der Waals surface area contributed by atoms with E-state index in [0.29, 0.717) is 0 Å². The molecular weight excluding hydrogens is 316 g/mol. The van der Waals surface area contributed by atoms with Gasteiger partial charge >= 0.3 is 0 Å². The Morgan fingerprint density at radius 1 is 1.20 bits per heavy atom. The van der Waals surface area contributed by atoms with Gasteiger partial charge in [-0.15, -0.1) is 0 Å². The van der Waals surface area contributed by atoms with Crippen LogP contribution in [-0.2, 0) is 18.3 Å². The predicted molar refractivity (Wildman–Crippen MR) is 96.9 cm³/mol. The van der Waals surface area contributed by atoms with E-state index in [0.717, 1.165) is 61.2 Å². The summed E-state index contributed by atoms with van der Waals surface area (Å²) in [6, 6.07) is 8.47. The number of morpholine rings is 1. The van der Waals surface area contributed by atoms with Crippen LogP contribution in [0.2, 0.25) is 0 Å². The Bertz CT molecular complexity index is 884. The topological polar surface area (TPSA) is 68.1 Å². The Morgan fingerprint density at radius 2 is 2.04 bits per heavy atom. The van der Waals surface area contributed by atoms with Crippen molar-refractivity contribution in [2.24, 2.45) is 7.05 Å². The fourth-order valence-electron chi connectivity index (χ4n) is 3.13.